The van der Waals surface area contributed by atoms with Crippen molar-refractivity contribution in [3.63, 3.8) is 0 Å². The van der Waals surface area contributed by atoms with E-state index in [0.29, 0.717) is 12.2 Å². The third-order valence-electron chi connectivity index (χ3n) is 5.22. The molecule has 0 atom stereocenters. The molecule has 4 nitrogen and oxygen atoms in total. The van der Waals surface area contributed by atoms with E-state index in [0.717, 1.165) is 23.7 Å². The van der Waals surface area contributed by atoms with Crippen LogP contribution in [0.1, 0.15) is 41.7 Å². The van der Waals surface area contributed by atoms with Crippen molar-refractivity contribution in [1.29, 1.82) is 0 Å². The molecule has 2 N–H and O–H groups in total. The lowest BCUT2D eigenvalue weighted by Gasteiger charge is -2.30. The highest BCUT2D eigenvalue weighted by Crippen LogP contribution is 2.40. The second kappa shape index (κ2) is 6.11. The summed E-state index contributed by atoms with van der Waals surface area (Å²) in [6.07, 6.45) is 4.68. The van der Waals surface area contributed by atoms with Crippen LogP contribution in [-0.4, -0.2) is 22.6 Å². The molecule has 0 spiro atoms. The summed E-state index contributed by atoms with van der Waals surface area (Å²) in [6.45, 7) is 0.664. The van der Waals surface area contributed by atoms with Crippen LogP contribution in [0.4, 0.5) is 0 Å². The van der Waals surface area contributed by atoms with Crippen LogP contribution in [-0.2, 0) is 5.41 Å². The lowest BCUT2D eigenvalue weighted by atomic mass is 9.79. The summed E-state index contributed by atoms with van der Waals surface area (Å²) in [4.78, 5) is 12.7. The molecular formula is C20H21N3O. The number of hydrogen-bond acceptors (Lipinski definition) is 2. The molecule has 1 aliphatic carbocycles. The van der Waals surface area contributed by atoms with Gasteiger partial charge in [0.15, 0.2) is 5.69 Å². The zero-order valence-electron chi connectivity index (χ0n) is 13.6. The van der Waals surface area contributed by atoms with Gasteiger partial charge in [0.2, 0.25) is 0 Å². The van der Waals surface area contributed by atoms with Gasteiger partial charge in [0.25, 0.3) is 5.91 Å². The zero-order valence-corrected chi connectivity index (χ0v) is 13.6. The highest BCUT2D eigenvalue weighted by Gasteiger charge is 2.36. The molecular weight excluding hydrogens is 298 g/mol. The quantitative estimate of drug-likeness (QED) is 0.768. The average molecular weight is 319 g/mol. The molecule has 1 heterocycles. The van der Waals surface area contributed by atoms with Gasteiger partial charge in [-0.1, -0.05) is 61.4 Å². The second-order valence-electron chi connectivity index (χ2n) is 6.65. The number of fused-ring (bicyclic) bond motifs is 1. The molecule has 4 heteroatoms. The molecule has 0 unspecified atom stereocenters. The first-order valence-electron chi connectivity index (χ1n) is 8.55. The fourth-order valence-electron chi connectivity index (χ4n) is 3.88. The fraction of sp³-hybridized carbons (Fsp3) is 0.300. The number of nitrogens with zero attached hydrogens (tertiary/aromatic N) is 1. The SMILES string of the molecule is O=C(NCC1(c2ccccc2)CCCC1)c1n[nH]c2ccccc12. The van der Waals surface area contributed by atoms with Crippen molar-refractivity contribution in [2.24, 2.45) is 0 Å². The van der Waals surface area contributed by atoms with Crippen LogP contribution in [0, 0.1) is 0 Å². The molecule has 0 saturated heterocycles. The first-order valence-corrected chi connectivity index (χ1v) is 8.55. The Labute approximate surface area is 141 Å². The van der Waals surface area contributed by atoms with Gasteiger partial charge in [0, 0.05) is 17.3 Å². The van der Waals surface area contributed by atoms with Crippen LogP contribution in [0.2, 0.25) is 0 Å². The number of nitrogens with one attached hydrogen (secondary N) is 2. The molecule has 1 aliphatic rings. The molecule has 1 fully saturated rings. The van der Waals surface area contributed by atoms with E-state index in [1.54, 1.807) is 0 Å². The van der Waals surface area contributed by atoms with Crippen molar-refractivity contribution in [2.75, 3.05) is 6.54 Å². The van der Waals surface area contributed by atoms with Crippen LogP contribution in [0.25, 0.3) is 10.9 Å². The van der Waals surface area contributed by atoms with Crippen LogP contribution >= 0.6 is 0 Å². The number of carbonyl (C=O) groups is 1. The molecule has 1 aromatic heterocycles. The summed E-state index contributed by atoms with van der Waals surface area (Å²) in [5.41, 5.74) is 2.76. The van der Waals surface area contributed by atoms with Crippen molar-refractivity contribution in [2.45, 2.75) is 31.1 Å². The number of benzene rings is 2. The van der Waals surface area contributed by atoms with Crippen LogP contribution in [0.5, 0.6) is 0 Å². The lowest BCUT2D eigenvalue weighted by Crippen LogP contribution is -2.39. The Morgan fingerprint density at radius 1 is 1.04 bits per heavy atom. The second-order valence-corrected chi connectivity index (χ2v) is 6.65. The Kier molecular flexibility index (Phi) is 3.81. The number of carbonyl (C=O) groups excluding carboxylic acids is 1. The maximum atomic E-state index is 12.7. The minimum Gasteiger partial charge on any atom is -0.350 e. The minimum atomic E-state index is -0.102. The van der Waals surface area contributed by atoms with Crippen molar-refractivity contribution in [3.05, 3.63) is 65.9 Å². The van der Waals surface area contributed by atoms with E-state index < -0.39 is 0 Å². The van der Waals surface area contributed by atoms with Gasteiger partial charge in [-0.3, -0.25) is 9.89 Å². The third kappa shape index (κ3) is 2.58. The molecule has 4 rings (SSSR count). The Bertz CT molecular complexity index is 847. The Balaban J connectivity index is 1.55. The molecule has 1 saturated carbocycles. The highest BCUT2D eigenvalue weighted by molar-refractivity contribution is 6.04. The van der Waals surface area contributed by atoms with E-state index in [-0.39, 0.29) is 11.3 Å². The van der Waals surface area contributed by atoms with E-state index in [9.17, 15) is 4.79 Å². The van der Waals surface area contributed by atoms with Gasteiger partial charge in [-0.2, -0.15) is 5.10 Å². The largest absolute Gasteiger partial charge is 0.350 e. The monoisotopic (exact) mass is 319 g/mol. The molecule has 1 amide bonds. The maximum absolute atomic E-state index is 12.7. The third-order valence-corrected chi connectivity index (χ3v) is 5.22. The molecule has 122 valence electrons. The smallest absolute Gasteiger partial charge is 0.272 e. The number of para-hydroxylation sites is 1. The normalized spacial score (nSPS) is 16.3. The molecule has 24 heavy (non-hydrogen) atoms. The number of rotatable bonds is 4. The summed E-state index contributed by atoms with van der Waals surface area (Å²) in [5, 5.41) is 11.1. The topological polar surface area (TPSA) is 57.8 Å². The van der Waals surface area contributed by atoms with Crippen LogP contribution < -0.4 is 5.32 Å². The standard InChI is InChI=1S/C20H21N3O/c24-19(18-16-10-4-5-11-17(16)22-23-18)21-14-20(12-6-7-13-20)15-8-2-1-3-9-15/h1-5,8-11H,6-7,12-14H2,(H,21,24)(H,22,23). The number of hydrogen-bond donors (Lipinski definition) is 2. The Morgan fingerprint density at radius 2 is 1.75 bits per heavy atom. The predicted molar refractivity (Wildman–Crippen MR) is 95.0 cm³/mol. The van der Waals surface area contributed by atoms with Crippen molar-refractivity contribution < 1.29 is 4.79 Å². The Morgan fingerprint density at radius 3 is 2.54 bits per heavy atom. The highest BCUT2D eigenvalue weighted by atomic mass is 16.1. The average Bonchev–Trinajstić information content (AvgIpc) is 3.28. The van der Waals surface area contributed by atoms with Crippen molar-refractivity contribution in [1.82, 2.24) is 15.5 Å². The molecule has 3 aromatic rings. The number of amides is 1. The minimum absolute atomic E-state index is 0.0586. The molecule has 0 aliphatic heterocycles. The first-order chi connectivity index (χ1) is 11.8. The van der Waals surface area contributed by atoms with Gasteiger partial charge in [-0.25, -0.2) is 0 Å². The summed E-state index contributed by atoms with van der Waals surface area (Å²) < 4.78 is 0. The van der Waals surface area contributed by atoms with E-state index in [1.165, 1.54) is 18.4 Å². The van der Waals surface area contributed by atoms with Gasteiger partial charge in [0.05, 0.1) is 5.52 Å². The maximum Gasteiger partial charge on any atom is 0.272 e. The summed E-state index contributed by atoms with van der Waals surface area (Å²) in [7, 11) is 0. The van der Waals surface area contributed by atoms with E-state index in [4.69, 9.17) is 0 Å². The van der Waals surface area contributed by atoms with E-state index >= 15 is 0 Å². The predicted octanol–water partition coefficient (Wildman–Crippen LogP) is 3.80. The van der Waals surface area contributed by atoms with E-state index in [2.05, 4.69) is 39.8 Å². The van der Waals surface area contributed by atoms with Gasteiger partial charge in [-0.15, -0.1) is 0 Å². The van der Waals surface area contributed by atoms with Crippen LogP contribution in [0.15, 0.2) is 54.6 Å². The van der Waals surface area contributed by atoms with Gasteiger partial charge >= 0.3 is 0 Å². The van der Waals surface area contributed by atoms with Crippen molar-refractivity contribution >= 4 is 16.8 Å². The zero-order chi connectivity index (χ0) is 16.4. The molecule has 0 bridgehead atoms. The van der Waals surface area contributed by atoms with Crippen LogP contribution in [0.3, 0.4) is 0 Å². The van der Waals surface area contributed by atoms with Gasteiger partial charge < -0.3 is 5.32 Å². The lowest BCUT2D eigenvalue weighted by molar-refractivity contribution is 0.0939. The van der Waals surface area contributed by atoms with E-state index in [1.807, 2.05) is 30.3 Å². The summed E-state index contributed by atoms with van der Waals surface area (Å²) in [5.74, 6) is -0.102. The number of aromatic amines is 1. The summed E-state index contributed by atoms with van der Waals surface area (Å²) >= 11 is 0. The molecule has 0 radical (unpaired) electrons. The fourth-order valence-corrected chi connectivity index (χ4v) is 3.88. The number of H-pyrrole nitrogens is 1. The molecule has 2 aromatic carbocycles. The number of aromatic nitrogens is 2. The van der Waals surface area contributed by atoms with Gasteiger partial charge in [0.1, 0.15) is 0 Å². The van der Waals surface area contributed by atoms with Gasteiger partial charge in [-0.05, 0) is 24.5 Å². The van der Waals surface area contributed by atoms with Crippen molar-refractivity contribution in [3.8, 4) is 0 Å². The Hall–Kier alpha value is -2.62. The first kappa shape index (κ1) is 14.9. The summed E-state index contributed by atoms with van der Waals surface area (Å²) in [6, 6.07) is 18.3.